The maximum atomic E-state index is 12.0. The molecule has 1 aromatic carbocycles. The number of benzene rings is 1. The highest BCUT2D eigenvalue weighted by molar-refractivity contribution is 9.10. The Balaban J connectivity index is 3.21. The van der Waals surface area contributed by atoms with E-state index in [1.165, 1.54) is 13.0 Å². The van der Waals surface area contributed by atoms with Crippen molar-refractivity contribution < 1.29 is 13.2 Å². The summed E-state index contributed by atoms with van der Waals surface area (Å²) >= 11 is 3.21. The zero-order valence-corrected chi connectivity index (χ0v) is 12.3. The Morgan fingerprint density at radius 2 is 2.00 bits per heavy atom. The van der Waals surface area contributed by atoms with E-state index in [0.29, 0.717) is 15.7 Å². The van der Waals surface area contributed by atoms with Gasteiger partial charge in [0.25, 0.3) is 0 Å². The van der Waals surface area contributed by atoms with Crippen molar-refractivity contribution in [3.8, 4) is 0 Å². The summed E-state index contributed by atoms with van der Waals surface area (Å²) in [6.45, 7) is 3.01. The van der Waals surface area contributed by atoms with Crippen molar-refractivity contribution in [1.29, 1.82) is 0 Å². The monoisotopic (exact) mass is 335 g/mol. The molecule has 8 heteroatoms. The van der Waals surface area contributed by atoms with Crippen LogP contribution in [-0.2, 0) is 14.8 Å². The van der Waals surface area contributed by atoms with Crippen LogP contribution in [-0.4, -0.2) is 20.4 Å². The molecule has 0 aliphatic carbocycles. The van der Waals surface area contributed by atoms with Crippen molar-refractivity contribution in [3.63, 3.8) is 0 Å². The summed E-state index contributed by atoms with van der Waals surface area (Å²) in [5, 5.41) is 0. The van der Waals surface area contributed by atoms with Gasteiger partial charge in [0.2, 0.25) is 15.9 Å². The minimum absolute atomic E-state index is 0.0244. The fraction of sp³-hybridized carbons (Fsp3) is 0.300. The van der Waals surface area contributed by atoms with Crippen LogP contribution in [0.1, 0.15) is 12.5 Å². The maximum Gasteiger partial charge on any atom is 0.241 e. The van der Waals surface area contributed by atoms with Crippen molar-refractivity contribution in [2.45, 2.75) is 24.8 Å². The van der Waals surface area contributed by atoms with Crippen LogP contribution in [0, 0.1) is 6.92 Å². The molecular formula is C10H14BrN3O3S. The van der Waals surface area contributed by atoms with Gasteiger partial charge in [-0.25, -0.2) is 8.42 Å². The van der Waals surface area contributed by atoms with E-state index in [4.69, 9.17) is 11.5 Å². The number of nitrogen functional groups attached to an aromatic ring is 1. The second-order valence-corrected chi connectivity index (χ2v) is 6.42. The summed E-state index contributed by atoms with van der Waals surface area (Å²) in [6, 6.07) is 1.94. The fourth-order valence-corrected chi connectivity index (χ4v) is 3.24. The molecule has 1 aromatic rings. The van der Waals surface area contributed by atoms with E-state index in [-0.39, 0.29) is 4.90 Å². The van der Waals surface area contributed by atoms with E-state index in [1.54, 1.807) is 13.0 Å². The van der Waals surface area contributed by atoms with E-state index in [2.05, 4.69) is 20.7 Å². The molecule has 0 saturated carbocycles. The Morgan fingerprint density at radius 1 is 1.44 bits per heavy atom. The van der Waals surface area contributed by atoms with Gasteiger partial charge in [-0.05, 0) is 47.5 Å². The molecule has 1 rings (SSSR count). The number of hydrogen-bond donors (Lipinski definition) is 3. The summed E-state index contributed by atoms with van der Waals surface area (Å²) in [5.74, 6) is -0.749. The predicted molar refractivity (Wildman–Crippen MR) is 72.3 cm³/mol. The fourth-order valence-electron chi connectivity index (χ4n) is 1.31. The highest BCUT2D eigenvalue weighted by Crippen LogP contribution is 2.26. The lowest BCUT2D eigenvalue weighted by molar-refractivity contribution is -0.119. The lowest BCUT2D eigenvalue weighted by Crippen LogP contribution is -2.42. The third kappa shape index (κ3) is 3.21. The van der Waals surface area contributed by atoms with Gasteiger partial charge in [-0.15, -0.1) is 0 Å². The number of carbonyl (C=O) groups is 1. The number of anilines is 1. The smallest absolute Gasteiger partial charge is 0.241 e. The first kappa shape index (κ1) is 14.9. The molecule has 1 atom stereocenters. The predicted octanol–water partition coefficient (Wildman–Crippen LogP) is 0.492. The molecule has 5 N–H and O–H groups in total. The number of nitrogens with one attached hydrogen (secondary N) is 1. The number of halogens is 1. The van der Waals surface area contributed by atoms with Crippen LogP contribution in [0.3, 0.4) is 0 Å². The Hall–Kier alpha value is -1.12. The molecule has 0 aliphatic rings. The van der Waals surface area contributed by atoms with Crippen LogP contribution in [0.5, 0.6) is 0 Å². The zero-order valence-electron chi connectivity index (χ0n) is 9.90. The highest BCUT2D eigenvalue weighted by atomic mass is 79.9. The Morgan fingerprint density at radius 3 is 2.50 bits per heavy atom. The lowest BCUT2D eigenvalue weighted by Gasteiger charge is -2.13. The molecule has 0 saturated heterocycles. The van der Waals surface area contributed by atoms with Crippen LogP contribution in [0.25, 0.3) is 0 Å². The quantitative estimate of drug-likeness (QED) is 0.694. The molecule has 1 amide bonds. The standard InChI is InChI=1S/C10H14BrN3O3S/c1-5-3-7(11)8(12)4-9(5)18(16,17)14-6(2)10(13)15/h3-4,6,14H,12H2,1-2H3,(H2,13,15). The number of hydrogen-bond acceptors (Lipinski definition) is 4. The van der Waals surface area contributed by atoms with E-state index >= 15 is 0 Å². The first-order valence-electron chi connectivity index (χ1n) is 5.02. The van der Waals surface area contributed by atoms with Gasteiger partial charge in [0.1, 0.15) is 0 Å². The topological polar surface area (TPSA) is 115 Å². The van der Waals surface area contributed by atoms with Gasteiger partial charge in [0, 0.05) is 10.2 Å². The average Bonchev–Trinajstić information content (AvgIpc) is 2.22. The van der Waals surface area contributed by atoms with Gasteiger partial charge < -0.3 is 11.5 Å². The SMILES string of the molecule is Cc1cc(Br)c(N)cc1S(=O)(=O)NC(C)C(N)=O. The average molecular weight is 336 g/mol. The van der Waals surface area contributed by atoms with E-state index < -0.39 is 22.0 Å². The summed E-state index contributed by atoms with van der Waals surface area (Å²) in [4.78, 5) is 10.9. The molecule has 0 bridgehead atoms. The van der Waals surface area contributed by atoms with Crippen LogP contribution in [0.15, 0.2) is 21.5 Å². The summed E-state index contributed by atoms with van der Waals surface area (Å²) < 4.78 is 26.9. The maximum absolute atomic E-state index is 12.0. The molecule has 0 aliphatic heterocycles. The van der Waals surface area contributed by atoms with E-state index in [1.807, 2.05) is 0 Å². The molecule has 100 valence electrons. The van der Waals surface area contributed by atoms with Crippen molar-refractivity contribution in [1.82, 2.24) is 4.72 Å². The van der Waals surface area contributed by atoms with Crippen molar-refractivity contribution in [2.75, 3.05) is 5.73 Å². The molecule has 0 aromatic heterocycles. The Kier molecular flexibility index (Phi) is 4.36. The van der Waals surface area contributed by atoms with Gasteiger partial charge in [-0.3, -0.25) is 4.79 Å². The largest absolute Gasteiger partial charge is 0.398 e. The molecular weight excluding hydrogens is 322 g/mol. The number of sulfonamides is 1. The van der Waals surface area contributed by atoms with E-state index in [0.717, 1.165) is 0 Å². The second kappa shape index (κ2) is 5.25. The first-order chi connectivity index (χ1) is 8.15. The van der Waals surface area contributed by atoms with Gasteiger partial charge in [-0.2, -0.15) is 4.72 Å². The number of nitrogens with two attached hydrogens (primary N) is 2. The lowest BCUT2D eigenvalue weighted by atomic mass is 10.2. The van der Waals surface area contributed by atoms with Gasteiger partial charge in [0.15, 0.2) is 0 Å². The van der Waals surface area contributed by atoms with Crippen LogP contribution >= 0.6 is 15.9 Å². The molecule has 0 heterocycles. The van der Waals surface area contributed by atoms with Crippen LogP contribution in [0.4, 0.5) is 5.69 Å². The minimum Gasteiger partial charge on any atom is -0.398 e. The van der Waals surface area contributed by atoms with Gasteiger partial charge >= 0.3 is 0 Å². The Labute approximate surface area is 114 Å². The molecule has 1 unspecified atom stereocenters. The highest BCUT2D eigenvalue weighted by Gasteiger charge is 2.22. The van der Waals surface area contributed by atoms with Crippen molar-refractivity contribution in [2.24, 2.45) is 5.73 Å². The number of aryl methyl sites for hydroxylation is 1. The first-order valence-corrected chi connectivity index (χ1v) is 7.30. The number of amides is 1. The van der Waals surface area contributed by atoms with Crippen LogP contribution in [0.2, 0.25) is 0 Å². The van der Waals surface area contributed by atoms with Gasteiger partial charge in [-0.1, -0.05) is 0 Å². The second-order valence-electron chi connectivity index (χ2n) is 3.88. The van der Waals surface area contributed by atoms with E-state index in [9.17, 15) is 13.2 Å². The number of rotatable bonds is 4. The summed E-state index contributed by atoms with van der Waals surface area (Å²) in [7, 11) is -3.83. The van der Waals surface area contributed by atoms with Gasteiger partial charge in [0.05, 0.1) is 10.9 Å². The summed E-state index contributed by atoms with van der Waals surface area (Å²) in [6.07, 6.45) is 0. The molecule has 0 fully saturated rings. The zero-order chi connectivity index (χ0) is 14.1. The number of carbonyl (C=O) groups excluding carboxylic acids is 1. The van der Waals surface area contributed by atoms with Crippen LogP contribution < -0.4 is 16.2 Å². The molecule has 0 radical (unpaired) electrons. The minimum atomic E-state index is -3.83. The molecule has 18 heavy (non-hydrogen) atoms. The Bertz CT molecular complexity index is 586. The molecule has 0 spiro atoms. The summed E-state index contributed by atoms with van der Waals surface area (Å²) in [5.41, 5.74) is 11.5. The normalized spacial score (nSPS) is 13.3. The third-order valence-corrected chi connectivity index (χ3v) is 4.71. The molecule has 6 nitrogen and oxygen atoms in total. The third-order valence-electron chi connectivity index (χ3n) is 2.34. The van der Waals surface area contributed by atoms with Crippen molar-refractivity contribution >= 4 is 37.5 Å². The van der Waals surface area contributed by atoms with Crippen molar-refractivity contribution in [3.05, 3.63) is 22.2 Å². The number of primary amides is 1.